The van der Waals surface area contributed by atoms with E-state index in [1.165, 1.54) is 0 Å². The van der Waals surface area contributed by atoms with Gasteiger partial charge in [-0.25, -0.2) is 0 Å². The maximum atomic E-state index is 11.4. The molecule has 0 saturated heterocycles. The predicted octanol–water partition coefficient (Wildman–Crippen LogP) is 1.48. The van der Waals surface area contributed by atoms with Crippen LogP contribution in [-0.2, 0) is 16.0 Å². The Morgan fingerprint density at radius 2 is 1.87 bits per heavy atom. The van der Waals surface area contributed by atoms with Gasteiger partial charge in [-0.3, -0.25) is 9.59 Å². The van der Waals surface area contributed by atoms with Crippen molar-refractivity contribution in [3.8, 4) is 5.75 Å². The number of carbonyl (C=O) groups is 2. The number of benzene rings is 1. The molecule has 0 heterocycles. The van der Waals surface area contributed by atoms with Crippen molar-refractivity contribution in [2.24, 2.45) is 5.92 Å². The lowest BCUT2D eigenvalue weighted by Crippen LogP contribution is -2.16. The summed E-state index contributed by atoms with van der Waals surface area (Å²) in [6, 6.07) is 6.70. The number of Topliss-reactive ketones (excluding diaryl/α,β-unsaturated/α-hetero) is 2. The molecule has 1 aliphatic carbocycles. The number of phenols is 1. The van der Waals surface area contributed by atoms with Gasteiger partial charge in [-0.1, -0.05) is 12.1 Å². The minimum Gasteiger partial charge on any atom is -0.508 e. The second-order valence-corrected chi connectivity index (χ2v) is 3.86. The van der Waals surface area contributed by atoms with Crippen LogP contribution < -0.4 is 0 Å². The number of aromatic hydroxyl groups is 1. The smallest absolute Gasteiger partial charge is 0.144 e. The average Bonchev–Trinajstić information content (AvgIpc) is 2.50. The lowest BCUT2D eigenvalue weighted by atomic mass is 9.96. The average molecular weight is 204 g/mol. The quantitative estimate of drug-likeness (QED) is 0.742. The van der Waals surface area contributed by atoms with Crippen molar-refractivity contribution < 1.29 is 14.7 Å². The fourth-order valence-corrected chi connectivity index (χ4v) is 1.92. The van der Waals surface area contributed by atoms with E-state index >= 15 is 0 Å². The maximum absolute atomic E-state index is 11.4. The monoisotopic (exact) mass is 204 g/mol. The molecule has 0 bridgehead atoms. The van der Waals surface area contributed by atoms with Gasteiger partial charge in [0.2, 0.25) is 0 Å². The zero-order valence-electron chi connectivity index (χ0n) is 8.27. The third-order valence-electron chi connectivity index (χ3n) is 2.75. The number of ketones is 2. The lowest BCUT2D eigenvalue weighted by molar-refractivity contribution is -0.127. The number of hydrogen-bond donors (Lipinski definition) is 1. The predicted molar refractivity (Wildman–Crippen MR) is 54.5 cm³/mol. The van der Waals surface area contributed by atoms with Crippen LogP contribution in [0.4, 0.5) is 0 Å². The minimum absolute atomic E-state index is 0.0309. The molecule has 0 aliphatic heterocycles. The third-order valence-corrected chi connectivity index (χ3v) is 2.75. The molecule has 0 unspecified atom stereocenters. The Bertz CT molecular complexity index is 393. The van der Waals surface area contributed by atoms with Crippen LogP contribution in [-0.4, -0.2) is 16.7 Å². The first-order valence-electron chi connectivity index (χ1n) is 5.00. The second-order valence-electron chi connectivity index (χ2n) is 3.86. The first-order valence-corrected chi connectivity index (χ1v) is 5.00. The van der Waals surface area contributed by atoms with Gasteiger partial charge >= 0.3 is 0 Å². The summed E-state index contributed by atoms with van der Waals surface area (Å²) in [6.07, 6.45) is 1.18. The summed E-state index contributed by atoms with van der Waals surface area (Å²) in [6.45, 7) is 0. The Morgan fingerprint density at radius 1 is 1.20 bits per heavy atom. The van der Waals surface area contributed by atoms with E-state index in [9.17, 15) is 14.7 Å². The topological polar surface area (TPSA) is 54.4 Å². The Kier molecular flexibility index (Phi) is 2.54. The first kappa shape index (κ1) is 9.90. The Labute approximate surface area is 87.7 Å². The SMILES string of the molecule is O=C1CCC(=O)C1Cc1cccc(O)c1. The summed E-state index contributed by atoms with van der Waals surface area (Å²) in [5.41, 5.74) is 0.837. The maximum Gasteiger partial charge on any atom is 0.144 e. The van der Waals surface area contributed by atoms with Crippen molar-refractivity contribution in [1.29, 1.82) is 0 Å². The standard InChI is InChI=1S/C12H12O3/c13-9-3-1-2-8(6-9)7-10-11(14)4-5-12(10)15/h1-3,6,10,13H,4-5,7H2. The van der Waals surface area contributed by atoms with Gasteiger partial charge in [-0.15, -0.1) is 0 Å². The zero-order chi connectivity index (χ0) is 10.8. The summed E-state index contributed by atoms with van der Waals surface area (Å²) in [5.74, 6) is -0.246. The van der Waals surface area contributed by atoms with E-state index in [0.29, 0.717) is 19.3 Å². The molecule has 3 heteroatoms. The number of rotatable bonds is 2. The first-order chi connectivity index (χ1) is 7.16. The fraction of sp³-hybridized carbons (Fsp3) is 0.333. The van der Waals surface area contributed by atoms with E-state index in [0.717, 1.165) is 5.56 Å². The lowest BCUT2D eigenvalue weighted by Gasteiger charge is -2.06. The molecule has 1 N–H and O–H groups in total. The van der Waals surface area contributed by atoms with Crippen molar-refractivity contribution in [2.75, 3.05) is 0 Å². The Hall–Kier alpha value is -1.64. The van der Waals surface area contributed by atoms with E-state index in [2.05, 4.69) is 0 Å². The van der Waals surface area contributed by atoms with Crippen LogP contribution in [0, 0.1) is 5.92 Å². The van der Waals surface area contributed by atoms with Crippen LogP contribution in [0.25, 0.3) is 0 Å². The van der Waals surface area contributed by atoms with E-state index in [4.69, 9.17) is 0 Å². The zero-order valence-corrected chi connectivity index (χ0v) is 8.27. The van der Waals surface area contributed by atoms with Gasteiger partial charge in [-0.05, 0) is 24.1 Å². The Balaban J connectivity index is 2.15. The number of phenolic OH excluding ortho intramolecular Hbond substituents is 1. The highest BCUT2D eigenvalue weighted by Crippen LogP contribution is 2.23. The van der Waals surface area contributed by atoms with Gasteiger partial charge in [0, 0.05) is 12.8 Å². The molecule has 3 nitrogen and oxygen atoms in total. The highest BCUT2D eigenvalue weighted by atomic mass is 16.3. The summed E-state index contributed by atoms with van der Waals surface area (Å²) < 4.78 is 0. The van der Waals surface area contributed by atoms with Crippen LogP contribution in [0.5, 0.6) is 5.75 Å². The van der Waals surface area contributed by atoms with E-state index in [1.54, 1.807) is 18.2 Å². The van der Waals surface area contributed by atoms with Crippen LogP contribution in [0.1, 0.15) is 18.4 Å². The molecule has 0 amide bonds. The van der Waals surface area contributed by atoms with E-state index in [-0.39, 0.29) is 17.3 Å². The third kappa shape index (κ3) is 2.06. The summed E-state index contributed by atoms with van der Waals surface area (Å²) >= 11 is 0. The largest absolute Gasteiger partial charge is 0.508 e. The molecule has 1 saturated carbocycles. The molecule has 78 valence electrons. The van der Waals surface area contributed by atoms with Crippen LogP contribution in [0.2, 0.25) is 0 Å². The number of carbonyl (C=O) groups excluding carboxylic acids is 2. The van der Waals surface area contributed by atoms with Gasteiger partial charge < -0.3 is 5.11 Å². The molecule has 15 heavy (non-hydrogen) atoms. The van der Waals surface area contributed by atoms with Crippen molar-refractivity contribution >= 4 is 11.6 Å². The molecular weight excluding hydrogens is 192 g/mol. The summed E-state index contributed by atoms with van der Waals surface area (Å²) in [7, 11) is 0. The van der Waals surface area contributed by atoms with Crippen LogP contribution in [0.3, 0.4) is 0 Å². The van der Waals surface area contributed by atoms with Crippen molar-refractivity contribution in [2.45, 2.75) is 19.3 Å². The van der Waals surface area contributed by atoms with Gasteiger partial charge in [-0.2, -0.15) is 0 Å². The second kappa shape index (κ2) is 3.85. The van der Waals surface area contributed by atoms with E-state index in [1.807, 2.05) is 6.07 Å². The molecule has 0 radical (unpaired) electrons. The molecule has 1 fully saturated rings. The van der Waals surface area contributed by atoms with Gasteiger partial charge in [0.05, 0.1) is 5.92 Å². The Morgan fingerprint density at radius 3 is 2.47 bits per heavy atom. The van der Waals surface area contributed by atoms with E-state index < -0.39 is 5.92 Å². The van der Waals surface area contributed by atoms with Crippen molar-refractivity contribution in [1.82, 2.24) is 0 Å². The molecule has 2 rings (SSSR count). The highest BCUT2D eigenvalue weighted by Gasteiger charge is 2.32. The molecule has 0 aromatic heterocycles. The summed E-state index contributed by atoms with van der Waals surface area (Å²) in [5, 5.41) is 9.25. The molecule has 1 aliphatic rings. The van der Waals surface area contributed by atoms with Gasteiger partial charge in [0.15, 0.2) is 0 Å². The molecule has 1 aromatic carbocycles. The highest BCUT2D eigenvalue weighted by molar-refractivity contribution is 6.08. The number of hydrogen-bond acceptors (Lipinski definition) is 3. The molecule has 1 aromatic rings. The van der Waals surface area contributed by atoms with Crippen molar-refractivity contribution in [3.63, 3.8) is 0 Å². The fourth-order valence-electron chi connectivity index (χ4n) is 1.92. The van der Waals surface area contributed by atoms with Gasteiger partial charge in [0.1, 0.15) is 17.3 Å². The van der Waals surface area contributed by atoms with Crippen molar-refractivity contribution in [3.05, 3.63) is 29.8 Å². The van der Waals surface area contributed by atoms with Crippen LogP contribution >= 0.6 is 0 Å². The minimum atomic E-state index is -0.480. The van der Waals surface area contributed by atoms with Crippen LogP contribution in [0.15, 0.2) is 24.3 Å². The summed E-state index contributed by atoms with van der Waals surface area (Å²) in [4.78, 5) is 22.8. The molecule has 0 atom stereocenters. The van der Waals surface area contributed by atoms with Gasteiger partial charge in [0.25, 0.3) is 0 Å². The molecule has 0 spiro atoms. The normalized spacial score (nSPS) is 17.3. The molecular formula is C12H12O3.